The molecule has 12 heavy (non-hydrogen) atoms. The Hall–Kier alpha value is -0.120. The molecule has 0 atom stereocenters. The van der Waals surface area contributed by atoms with E-state index < -0.39 is 0 Å². The van der Waals surface area contributed by atoms with Gasteiger partial charge in [0.25, 0.3) is 0 Å². The molecule has 3 heteroatoms. The van der Waals surface area contributed by atoms with Crippen molar-refractivity contribution in [1.29, 1.82) is 0 Å². The fourth-order valence-corrected chi connectivity index (χ4v) is 0.711. The van der Waals surface area contributed by atoms with Crippen LogP contribution in [0.15, 0.2) is 0 Å². The second kappa shape index (κ2) is 7.53. The van der Waals surface area contributed by atoms with Crippen LogP contribution in [-0.2, 0) is 9.47 Å². The Morgan fingerprint density at radius 1 is 1.17 bits per heavy atom. The lowest BCUT2D eigenvalue weighted by atomic mass is 10.3. The largest absolute Gasteiger partial charge is 0.382 e. The maximum atomic E-state index is 5.33. The van der Waals surface area contributed by atoms with Crippen molar-refractivity contribution in [2.45, 2.75) is 19.9 Å². The van der Waals surface area contributed by atoms with Crippen LogP contribution in [-0.4, -0.2) is 51.5 Å². The predicted octanol–water partition coefficient (Wildman–Crippen LogP) is 0.990. The molecule has 0 aromatic carbocycles. The number of ether oxygens (including phenoxy) is 2. The highest BCUT2D eigenvalue weighted by molar-refractivity contribution is 4.55. The Kier molecular flexibility index (Phi) is 7.45. The molecule has 0 spiro atoms. The van der Waals surface area contributed by atoms with E-state index in [0.29, 0.717) is 19.3 Å². The molecule has 74 valence electrons. The Labute approximate surface area is 75.6 Å². The molecule has 0 aliphatic rings. The molecular formula is C9H21NO2. The van der Waals surface area contributed by atoms with Crippen LogP contribution in [0, 0.1) is 0 Å². The van der Waals surface area contributed by atoms with Gasteiger partial charge in [-0.1, -0.05) is 0 Å². The summed E-state index contributed by atoms with van der Waals surface area (Å²) in [6.07, 6.45) is 0. The molecule has 0 aromatic rings. The third-order valence-corrected chi connectivity index (χ3v) is 1.90. The van der Waals surface area contributed by atoms with E-state index in [1.807, 2.05) is 0 Å². The Bertz CT molecular complexity index is 96.5. The van der Waals surface area contributed by atoms with Gasteiger partial charge in [-0.2, -0.15) is 0 Å². The zero-order valence-electron chi connectivity index (χ0n) is 8.67. The van der Waals surface area contributed by atoms with E-state index in [0.717, 1.165) is 13.2 Å². The first kappa shape index (κ1) is 11.9. The van der Waals surface area contributed by atoms with Crippen LogP contribution in [0.3, 0.4) is 0 Å². The van der Waals surface area contributed by atoms with Crippen LogP contribution >= 0.6 is 0 Å². The molecule has 0 N–H and O–H groups in total. The fourth-order valence-electron chi connectivity index (χ4n) is 0.711. The first-order chi connectivity index (χ1) is 5.68. The van der Waals surface area contributed by atoms with Crippen molar-refractivity contribution in [3.05, 3.63) is 0 Å². The topological polar surface area (TPSA) is 21.7 Å². The average Bonchev–Trinajstić information content (AvgIpc) is 2.03. The van der Waals surface area contributed by atoms with Gasteiger partial charge < -0.3 is 14.4 Å². The van der Waals surface area contributed by atoms with Crippen LogP contribution in [0.5, 0.6) is 0 Å². The molecule has 0 aromatic heterocycles. The summed E-state index contributed by atoms with van der Waals surface area (Å²) >= 11 is 0. The molecule has 0 aliphatic carbocycles. The van der Waals surface area contributed by atoms with Gasteiger partial charge >= 0.3 is 0 Å². The fraction of sp³-hybridized carbons (Fsp3) is 1.00. The second-order valence-electron chi connectivity index (χ2n) is 3.18. The Morgan fingerprint density at radius 3 is 2.33 bits per heavy atom. The van der Waals surface area contributed by atoms with Gasteiger partial charge in [0.2, 0.25) is 0 Å². The van der Waals surface area contributed by atoms with Crippen molar-refractivity contribution in [2.75, 3.05) is 40.5 Å². The van der Waals surface area contributed by atoms with E-state index in [-0.39, 0.29) is 0 Å². The molecule has 0 saturated carbocycles. The lowest BCUT2D eigenvalue weighted by Crippen LogP contribution is -2.30. The summed E-state index contributed by atoms with van der Waals surface area (Å²) in [5.41, 5.74) is 0. The number of likely N-dealkylation sites (N-methyl/N-ethyl adjacent to an activating group) is 1. The third kappa shape index (κ3) is 6.58. The molecular weight excluding hydrogens is 154 g/mol. The van der Waals surface area contributed by atoms with E-state index in [4.69, 9.17) is 9.47 Å². The van der Waals surface area contributed by atoms with Crippen LogP contribution in [0.25, 0.3) is 0 Å². The summed E-state index contributed by atoms with van der Waals surface area (Å²) in [5, 5.41) is 0. The minimum Gasteiger partial charge on any atom is -0.382 e. The highest BCUT2D eigenvalue weighted by Gasteiger charge is 2.01. The van der Waals surface area contributed by atoms with Crippen molar-refractivity contribution >= 4 is 0 Å². The molecule has 0 aliphatic heterocycles. The zero-order chi connectivity index (χ0) is 9.40. The quantitative estimate of drug-likeness (QED) is 0.539. The monoisotopic (exact) mass is 175 g/mol. The molecule has 0 unspecified atom stereocenters. The summed E-state index contributed by atoms with van der Waals surface area (Å²) in [6, 6.07) is 0.594. The number of nitrogens with zero attached hydrogens (tertiary/aromatic N) is 1. The van der Waals surface area contributed by atoms with Gasteiger partial charge in [-0.25, -0.2) is 0 Å². The molecule has 3 nitrogen and oxygen atoms in total. The predicted molar refractivity (Wildman–Crippen MR) is 50.5 cm³/mol. The number of hydrogen-bond acceptors (Lipinski definition) is 3. The van der Waals surface area contributed by atoms with E-state index in [1.165, 1.54) is 0 Å². The lowest BCUT2D eigenvalue weighted by Gasteiger charge is -2.20. The molecule has 0 bridgehead atoms. The molecule has 0 saturated heterocycles. The summed E-state index contributed by atoms with van der Waals surface area (Å²) < 4.78 is 10.2. The number of hydrogen-bond donors (Lipinski definition) is 0. The second-order valence-corrected chi connectivity index (χ2v) is 3.18. The summed E-state index contributed by atoms with van der Waals surface area (Å²) in [4.78, 5) is 2.26. The van der Waals surface area contributed by atoms with Gasteiger partial charge in [-0.3, -0.25) is 0 Å². The molecule has 0 radical (unpaired) electrons. The summed E-state index contributed by atoms with van der Waals surface area (Å²) in [6.45, 7) is 7.51. The molecule has 0 fully saturated rings. The van der Waals surface area contributed by atoms with Gasteiger partial charge in [-0.15, -0.1) is 0 Å². The summed E-state index contributed by atoms with van der Waals surface area (Å²) in [5.74, 6) is 0. The number of rotatable bonds is 7. The maximum Gasteiger partial charge on any atom is 0.0700 e. The van der Waals surface area contributed by atoms with Crippen molar-refractivity contribution in [2.24, 2.45) is 0 Å². The van der Waals surface area contributed by atoms with Crippen molar-refractivity contribution in [1.82, 2.24) is 4.90 Å². The van der Waals surface area contributed by atoms with Crippen molar-refractivity contribution in [3.63, 3.8) is 0 Å². The van der Waals surface area contributed by atoms with Crippen LogP contribution < -0.4 is 0 Å². The SMILES string of the molecule is COCCOCCN(C)C(C)C. The first-order valence-corrected chi connectivity index (χ1v) is 4.45. The van der Waals surface area contributed by atoms with Crippen molar-refractivity contribution in [3.8, 4) is 0 Å². The minimum atomic E-state index is 0.594. The molecule has 0 heterocycles. The molecule has 0 rings (SSSR count). The van der Waals surface area contributed by atoms with Gasteiger partial charge in [0.05, 0.1) is 19.8 Å². The van der Waals surface area contributed by atoms with Gasteiger partial charge in [0.1, 0.15) is 0 Å². The smallest absolute Gasteiger partial charge is 0.0700 e. The van der Waals surface area contributed by atoms with E-state index >= 15 is 0 Å². The number of methoxy groups -OCH3 is 1. The van der Waals surface area contributed by atoms with Crippen LogP contribution in [0.4, 0.5) is 0 Å². The highest BCUT2D eigenvalue weighted by Crippen LogP contribution is 1.92. The van der Waals surface area contributed by atoms with Gasteiger partial charge in [0.15, 0.2) is 0 Å². The normalized spacial score (nSPS) is 11.5. The standard InChI is InChI=1S/C9H21NO2/c1-9(2)10(3)5-6-12-8-7-11-4/h9H,5-8H2,1-4H3. The first-order valence-electron chi connectivity index (χ1n) is 4.45. The Balaban J connectivity index is 3.08. The highest BCUT2D eigenvalue weighted by atomic mass is 16.5. The van der Waals surface area contributed by atoms with E-state index in [2.05, 4.69) is 25.8 Å². The lowest BCUT2D eigenvalue weighted by molar-refractivity contribution is 0.0570. The Morgan fingerprint density at radius 2 is 1.83 bits per heavy atom. The van der Waals surface area contributed by atoms with Gasteiger partial charge in [0, 0.05) is 19.7 Å². The third-order valence-electron chi connectivity index (χ3n) is 1.90. The van der Waals surface area contributed by atoms with Crippen LogP contribution in [0.1, 0.15) is 13.8 Å². The summed E-state index contributed by atoms with van der Waals surface area (Å²) in [7, 11) is 3.79. The molecule has 0 amide bonds. The maximum absolute atomic E-state index is 5.33. The zero-order valence-corrected chi connectivity index (χ0v) is 8.67. The average molecular weight is 175 g/mol. The van der Waals surface area contributed by atoms with Gasteiger partial charge in [-0.05, 0) is 20.9 Å². The van der Waals surface area contributed by atoms with Crippen molar-refractivity contribution < 1.29 is 9.47 Å². The van der Waals surface area contributed by atoms with E-state index in [1.54, 1.807) is 7.11 Å². The van der Waals surface area contributed by atoms with E-state index in [9.17, 15) is 0 Å². The minimum absolute atomic E-state index is 0.594. The van der Waals surface area contributed by atoms with Crippen LogP contribution in [0.2, 0.25) is 0 Å².